The summed E-state index contributed by atoms with van der Waals surface area (Å²) in [4.78, 5) is 0. The highest BCUT2D eigenvalue weighted by atomic mass is 32.1. The summed E-state index contributed by atoms with van der Waals surface area (Å²) >= 11 is 5.16. The lowest BCUT2D eigenvalue weighted by Crippen LogP contribution is -2.35. The third-order valence-electron chi connectivity index (χ3n) is 3.13. The van der Waals surface area contributed by atoms with Gasteiger partial charge in [-0.1, -0.05) is 42.5 Å². The lowest BCUT2D eigenvalue weighted by Gasteiger charge is -2.12. The zero-order valence-electron chi connectivity index (χ0n) is 12.8. The van der Waals surface area contributed by atoms with Crippen LogP contribution in [0.2, 0.25) is 0 Å². The largest absolute Gasteiger partial charge is 0.573 e. The van der Waals surface area contributed by atoms with E-state index in [1.807, 2.05) is 30.3 Å². The van der Waals surface area contributed by atoms with Gasteiger partial charge < -0.3 is 15.4 Å². The van der Waals surface area contributed by atoms with Crippen LogP contribution in [0.25, 0.3) is 0 Å². The second kappa shape index (κ2) is 8.54. The van der Waals surface area contributed by atoms with Gasteiger partial charge in [0, 0.05) is 13.1 Å². The Labute approximate surface area is 143 Å². The van der Waals surface area contributed by atoms with E-state index in [0.29, 0.717) is 23.8 Å². The van der Waals surface area contributed by atoms with Crippen LogP contribution in [0.3, 0.4) is 0 Å². The zero-order chi connectivity index (χ0) is 17.4. The summed E-state index contributed by atoms with van der Waals surface area (Å²) < 4.78 is 40.5. The van der Waals surface area contributed by atoms with Crippen molar-refractivity contribution in [2.45, 2.75) is 19.3 Å². The molecule has 3 nitrogen and oxygen atoms in total. The maximum Gasteiger partial charge on any atom is 0.573 e. The van der Waals surface area contributed by atoms with Gasteiger partial charge >= 0.3 is 6.36 Å². The smallest absolute Gasteiger partial charge is 0.406 e. The van der Waals surface area contributed by atoms with Crippen molar-refractivity contribution in [1.29, 1.82) is 0 Å². The van der Waals surface area contributed by atoms with Gasteiger partial charge in [-0.15, -0.1) is 13.2 Å². The Morgan fingerprint density at radius 1 is 0.958 bits per heavy atom. The van der Waals surface area contributed by atoms with Gasteiger partial charge in [0.25, 0.3) is 0 Å². The first-order valence-electron chi connectivity index (χ1n) is 7.33. The van der Waals surface area contributed by atoms with Crippen LogP contribution in [0.15, 0.2) is 54.6 Å². The van der Waals surface area contributed by atoms with Gasteiger partial charge in [0.05, 0.1) is 0 Å². The lowest BCUT2D eigenvalue weighted by atomic mass is 10.1. The number of hydrogen-bond donors (Lipinski definition) is 2. The molecule has 0 unspecified atom stereocenters. The van der Waals surface area contributed by atoms with Gasteiger partial charge in [-0.05, 0) is 41.9 Å². The van der Waals surface area contributed by atoms with E-state index in [4.69, 9.17) is 12.2 Å². The average molecular weight is 354 g/mol. The molecule has 0 saturated carbocycles. The molecule has 0 saturated heterocycles. The minimum Gasteiger partial charge on any atom is -0.406 e. The molecule has 0 amide bonds. The fourth-order valence-corrected chi connectivity index (χ4v) is 2.24. The standard InChI is InChI=1S/C17H17F3N2OS/c18-17(19,20)23-15-8-4-7-14(11-15)12-22-16(24)21-10-9-13-5-2-1-3-6-13/h1-8,11H,9-10,12H2,(H2,21,22,24). The van der Waals surface area contributed by atoms with Crippen LogP contribution in [0.5, 0.6) is 5.75 Å². The van der Waals surface area contributed by atoms with Crippen LogP contribution < -0.4 is 15.4 Å². The van der Waals surface area contributed by atoms with Crippen LogP contribution in [0.4, 0.5) is 13.2 Å². The number of hydrogen-bond acceptors (Lipinski definition) is 2. The van der Waals surface area contributed by atoms with Crippen molar-refractivity contribution >= 4 is 17.3 Å². The summed E-state index contributed by atoms with van der Waals surface area (Å²) in [5.41, 5.74) is 1.84. The minimum absolute atomic E-state index is 0.246. The molecule has 0 aliphatic heterocycles. The second-order valence-corrected chi connectivity index (χ2v) is 5.45. The van der Waals surface area contributed by atoms with E-state index in [2.05, 4.69) is 15.4 Å². The molecule has 0 fully saturated rings. The predicted molar refractivity (Wildman–Crippen MR) is 90.7 cm³/mol. The first-order valence-corrected chi connectivity index (χ1v) is 7.73. The summed E-state index contributed by atoms with van der Waals surface area (Å²) in [6.45, 7) is 0.985. The molecule has 0 atom stereocenters. The first-order chi connectivity index (χ1) is 11.4. The lowest BCUT2D eigenvalue weighted by molar-refractivity contribution is -0.274. The number of alkyl halides is 3. The molecule has 0 radical (unpaired) electrons. The fourth-order valence-electron chi connectivity index (χ4n) is 2.06. The molecular formula is C17H17F3N2OS. The molecule has 0 aromatic heterocycles. The van der Waals surface area contributed by atoms with Crippen molar-refractivity contribution in [2.24, 2.45) is 0 Å². The van der Waals surface area contributed by atoms with Crippen molar-refractivity contribution in [2.75, 3.05) is 6.54 Å². The molecule has 128 valence electrons. The van der Waals surface area contributed by atoms with E-state index in [-0.39, 0.29) is 5.75 Å². The highest BCUT2D eigenvalue weighted by Gasteiger charge is 2.31. The van der Waals surface area contributed by atoms with Crippen LogP contribution >= 0.6 is 12.2 Å². The van der Waals surface area contributed by atoms with Crippen LogP contribution in [-0.4, -0.2) is 18.0 Å². The van der Waals surface area contributed by atoms with Crippen molar-refractivity contribution in [3.05, 3.63) is 65.7 Å². The molecule has 0 heterocycles. The molecular weight excluding hydrogens is 337 g/mol. The second-order valence-electron chi connectivity index (χ2n) is 5.04. The number of halogens is 3. The van der Waals surface area contributed by atoms with E-state index in [1.165, 1.54) is 23.8 Å². The summed E-state index contributed by atoms with van der Waals surface area (Å²) in [6, 6.07) is 15.8. The maximum atomic E-state index is 12.2. The van der Waals surface area contributed by atoms with E-state index in [1.54, 1.807) is 6.07 Å². The first kappa shape index (κ1) is 18.1. The van der Waals surface area contributed by atoms with Crippen LogP contribution in [0, 0.1) is 0 Å². The highest BCUT2D eigenvalue weighted by Crippen LogP contribution is 2.23. The molecule has 2 aromatic carbocycles. The normalized spacial score (nSPS) is 11.0. The van der Waals surface area contributed by atoms with E-state index < -0.39 is 6.36 Å². The molecule has 7 heteroatoms. The molecule has 2 aromatic rings. The van der Waals surface area contributed by atoms with Crippen molar-refractivity contribution in [3.63, 3.8) is 0 Å². The number of thiocarbonyl (C=S) groups is 1. The van der Waals surface area contributed by atoms with Crippen LogP contribution in [-0.2, 0) is 13.0 Å². The van der Waals surface area contributed by atoms with Gasteiger partial charge in [-0.3, -0.25) is 0 Å². The van der Waals surface area contributed by atoms with E-state index in [0.717, 1.165) is 6.42 Å². The average Bonchev–Trinajstić information content (AvgIpc) is 2.53. The summed E-state index contributed by atoms with van der Waals surface area (Å²) in [7, 11) is 0. The Morgan fingerprint density at radius 2 is 1.67 bits per heavy atom. The van der Waals surface area contributed by atoms with Crippen molar-refractivity contribution in [3.8, 4) is 5.75 Å². The Balaban J connectivity index is 1.74. The molecule has 0 spiro atoms. The van der Waals surface area contributed by atoms with Gasteiger partial charge in [0.2, 0.25) is 0 Å². The SMILES string of the molecule is FC(F)(F)Oc1cccc(CNC(=S)NCCc2ccccc2)c1. The summed E-state index contributed by atoms with van der Waals surface area (Å²) in [5.74, 6) is -0.246. The van der Waals surface area contributed by atoms with Crippen molar-refractivity contribution < 1.29 is 17.9 Å². The zero-order valence-corrected chi connectivity index (χ0v) is 13.6. The number of benzene rings is 2. The van der Waals surface area contributed by atoms with E-state index >= 15 is 0 Å². The van der Waals surface area contributed by atoms with Gasteiger partial charge in [0.15, 0.2) is 5.11 Å². The Morgan fingerprint density at radius 3 is 2.38 bits per heavy atom. The molecule has 0 aliphatic rings. The quantitative estimate of drug-likeness (QED) is 0.774. The number of ether oxygens (including phenoxy) is 1. The maximum absolute atomic E-state index is 12.2. The Kier molecular flexibility index (Phi) is 6.43. The topological polar surface area (TPSA) is 33.3 Å². The molecule has 2 N–H and O–H groups in total. The summed E-state index contributed by atoms with van der Waals surface area (Å²) in [5, 5.41) is 6.47. The monoisotopic (exact) mass is 354 g/mol. The van der Waals surface area contributed by atoms with Gasteiger partial charge in [0.1, 0.15) is 5.75 Å². The van der Waals surface area contributed by atoms with E-state index in [9.17, 15) is 13.2 Å². The third-order valence-corrected chi connectivity index (χ3v) is 3.42. The molecule has 2 rings (SSSR count). The Bertz CT molecular complexity index is 662. The highest BCUT2D eigenvalue weighted by molar-refractivity contribution is 7.80. The number of nitrogens with one attached hydrogen (secondary N) is 2. The molecule has 0 bridgehead atoms. The fraction of sp³-hybridized carbons (Fsp3) is 0.235. The number of rotatable bonds is 6. The predicted octanol–water partition coefficient (Wildman–Crippen LogP) is 3.79. The van der Waals surface area contributed by atoms with Gasteiger partial charge in [-0.2, -0.15) is 0 Å². The summed E-state index contributed by atoms with van der Waals surface area (Å²) in [6.07, 6.45) is -3.86. The van der Waals surface area contributed by atoms with Gasteiger partial charge in [-0.25, -0.2) is 0 Å². The van der Waals surface area contributed by atoms with Crippen molar-refractivity contribution in [1.82, 2.24) is 10.6 Å². The molecule has 24 heavy (non-hydrogen) atoms. The minimum atomic E-state index is -4.69. The molecule has 0 aliphatic carbocycles. The van der Waals surface area contributed by atoms with Crippen LogP contribution in [0.1, 0.15) is 11.1 Å². The Hall–Kier alpha value is -2.28. The third kappa shape index (κ3) is 6.87.